The van der Waals surface area contributed by atoms with Crippen molar-refractivity contribution in [2.24, 2.45) is 29.6 Å². The van der Waals surface area contributed by atoms with Crippen molar-refractivity contribution in [3.63, 3.8) is 0 Å². The molecule has 36 heavy (non-hydrogen) atoms. The standard InChI is InChI=1S/C25H37F8O2P/c1-11-2-3-20(34-10-11)12-4-15(26)22(16(27)5-12)13-6-17(28)23(21(36)7-13)25(32,33)35-14-8-18(29)24(31)19(30)9-14/h11-24H,2-10,36H2,1H3. The Morgan fingerprint density at radius 3 is 1.86 bits per heavy atom. The maximum absolute atomic E-state index is 15.3. The lowest BCUT2D eigenvalue weighted by molar-refractivity contribution is -0.313. The van der Waals surface area contributed by atoms with Crippen LogP contribution in [0.15, 0.2) is 0 Å². The fraction of sp³-hybridized carbons (Fsp3) is 1.00. The molecule has 4 fully saturated rings. The Morgan fingerprint density at radius 2 is 1.33 bits per heavy atom. The van der Waals surface area contributed by atoms with Crippen LogP contribution in [0.1, 0.15) is 58.3 Å². The van der Waals surface area contributed by atoms with Crippen molar-refractivity contribution in [2.75, 3.05) is 6.61 Å². The van der Waals surface area contributed by atoms with Crippen LogP contribution >= 0.6 is 9.24 Å². The van der Waals surface area contributed by atoms with Gasteiger partial charge in [-0.1, -0.05) is 6.92 Å². The van der Waals surface area contributed by atoms with Gasteiger partial charge in [-0.3, -0.25) is 0 Å². The van der Waals surface area contributed by atoms with Gasteiger partial charge in [-0.05, 0) is 61.9 Å². The summed E-state index contributed by atoms with van der Waals surface area (Å²) in [5, 5.41) is 0. The lowest BCUT2D eigenvalue weighted by Crippen LogP contribution is -2.53. The molecule has 11 heteroatoms. The number of hydrogen-bond acceptors (Lipinski definition) is 2. The van der Waals surface area contributed by atoms with Gasteiger partial charge in [0.25, 0.3) is 0 Å². The minimum absolute atomic E-state index is 0.0446. The second-order valence-corrected chi connectivity index (χ2v) is 12.4. The van der Waals surface area contributed by atoms with Crippen LogP contribution < -0.4 is 0 Å². The Bertz CT molecular complexity index is 690. The molecule has 3 saturated carbocycles. The molecular formula is C25H37F8O2P. The van der Waals surface area contributed by atoms with Gasteiger partial charge in [-0.15, -0.1) is 9.24 Å². The quantitative estimate of drug-likeness (QED) is 0.273. The molecule has 3 aliphatic carbocycles. The predicted octanol–water partition coefficient (Wildman–Crippen LogP) is 6.90. The molecule has 4 aliphatic rings. The summed E-state index contributed by atoms with van der Waals surface area (Å²) in [6.07, 6.45) is -18.1. The van der Waals surface area contributed by atoms with E-state index in [2.05, 4.69) is 20.9 Å². The minimum Gasteiger partial charge on any atom is -0.378 e. The summed E-state index contributed by atoms with van der Waals surface area (Å²) in [5.41, 5.74) is -1.06. The summed E-state index contributed by atoms with van der Waals surface area (Å²) >= 11 is 0. The van der Waals surface area contributed by atoms with E-state index in [1.54, 1.807) is 0 Å². The summed E-state index contributed by atoms with van der Waals surface area (Å²) < 4.78 is 127. The van der Waals surface area contributed by atoms with Crippen LogP contribution in [0.25, 0.3) is 0 Å². The summed E-state index contributed by atoms with van der Waals surface area (Å²) in [5.74, 6) is -3.66. The molecule has 11 atom stereocenters. The van der Waals surface area contributed by atoms with Gasteiger partial charge < -0.3 is 9.47 Å². The van der Waals surface area contributed by atoms with Gasteiger partial charge in [0.1, 0.15) is 30.9 Å². The Hall–Kier alpha value is -0.210. The average Bonchev–Trinajstić information content (AvgIpc) is 2.76. The third-order valence-corrected chi connectivity index (χ3v) is 9.52. The zero-order valence-corrected chi connectivity index (χ0v) is 21.5. The zero-order chi connectivity index (χ0) is 26.4. The fourth-order valence-electron chi connectivity index (χ4n) is 6.94. The molecule has 0 aromatic rings. The largest absolute Gasteiger partial charge is 0.378 e. The van der Waals surface area contributed by atoms with Crippen LogP contribution in [0.3, 0.4) is 0 Å². The maximum Gasteiger partial charge on any atom is 0.362 e. The van der Waals surface area contributed by atoms with Crippen molar-refractivity contribution >= 4 is 9.24 Å². The minimum atomic E-state index is -4.07. The SMILES string of the molecule is CC1CCC(C2CC(F)C(C3CC(F)C(C(F)(F)OC4CC(F)C(F)C(F)C4)C(P)C3)C(F)C2)OC1. The monoisotopic (exact) mass is 552 g/mol. The molecule has 1 heterocycles. The van der Waals surface area contributed by atoms with E-state index in [9.17, 15) is 22.0 Å². The van der Waals surface area contributed by atoms with Crippen LogP contribution in [-0.4, -0.2) is 67.6 Å². The molecule has 2 nitrogen and oxygen atoms in total. The lowest BCUT2D eigenvalue weighted by atomic mass is 9.65. The van der Waals surface area contributed by atoms with Crippen LogP contribution in [0.2, 0.25) is 0 Å². The van der Waals surface area contributed by atoms with Crippen molar-refractivity contribution in [3.8, 4) is 0 Å². The van der Waals surface area contributed by atoms with E-state index in [-0.39, 0.29) is 31.3 Å². The maximum atomic E-state index is 15.3. The molecule has 0 N–H and O–H groups in total. The molecule has 0 spiro atoms. The van der Waals surface area contributed by atoms with E-state index in [0.29, 0.717) is 12.5 Å². The van der Waals surface area contributed by atoms with Crippen LogP contribution in [-0.2, 0) is 9.47 Å². The van der Waals surface area contributed by atoms with Crippen LogP contribution in [0.4, 0.5) is 35.1 Å². The van der Waals surface area contributed by atoms with Crippen molar-refractivity contribution in [1.82, 2.24) is 0 Å². The summed E-state index contributed by atoms with van der Waals surface area (Å²) in [6.45, 7) is 2.62. The molecule has 4 rings (SSSR count). The molecule has 0 radical (unpaired) electrons. The van der Waals surface area contributed by atoms with Crippen LogP contribution in [0, 0.1) is 29.6 Å². The van der Waals surface area contributed by atoms with E-state index in [1.807, 2.05) is 0 Å². The summed E-state index contributed by atoms with van der Waals surface area (Å²) in [6, 6.07) is 0. The van der Waals surface area contributed by atoms with Crippen molar-refractivity contribution in [3.05, 3.63) is 0 Å². The Balaban J connectivity index is 1.36. The fourth-order valence-corrected chi connectivity index (χ4v) is 7.75. The first-order valence-corrected chi connectivity index (χ1v) is 13.8. The summed E-state index contributed by atoms with van der Waals surface area (Å²) in [4.78, 5) is 0. The van der Waals surface area contributed by atoms with E-state index in [4.69, 9.17) is 4.74 Å². The number of hydrogen-bond donors (Lipinski definition) is 0. The topological polar surface area (TPSA) is 18.5 Å². The smallest absolute Gasteiger partial charge is 0.362 e. The molecular weight excluding hydrogens is 515 g/mol. The third kappa shape index (κ3) is 6.16. The van der Waals surface area contributed by atoms with Gasteiger partial charge in [-0.2, -0.15) is 8.78 Å². The lowest BCUT2D eigenvalue weighted by Gasteiger charge is -2.47. The number of ether oxygens (including phenoxy) is 2. The highest BCUT2D eigenvalue weighted by molar-refractivity contribution is 7.17. The van der Waals surface area contributed by atoms with Gasteiger partial charge in [0.15, 0.2) is 6.17 Å². The first-order chi connectivity index (χ1) is 16.9. The highest BCUT2D eigenvalue weighted by Gasteiger charge is 2.57. The third-order valence-electron chi connectivity index (χ3n) is 8.83. The van der Waals surface area contributed by atoms with Gasteiger partial charge in [0.05, 0.1) is 18.1 Å². The van der Waals surface area contributed by atoms with Crippen molar-refractivity contribution < 1.29 is 44.6 Å². The molecule has 1 aliphatic heterocycles. The molecule has 1 saturated heterocycles. The van der Waals surface area contributed by atoms with E-state index >= 15 is 13.2 Å². The van der Waals surface area contributed by atoms with Gasteiger partial charge >= 0.3 is 6.11 Å². The van der Waals surface area contributed by atoms with Gasteiger partial charge in [0, 0.05) is 25.4 Å². The number of rotatable bonds is 5. The molecule has 11 unspecified atom stereocenters. The Kier molecular flexibility index (Phi) is 9.19. The van der Waals surface area contributed by atoms with E-state index in [0.717, 1.165) is 12.8 Å². The van der Waals surface area contributed by atoms with Crippen molar-refractivity contribution in [2.45, 2.75) is 119 Å². The second-order valence-electron chi connectivity index (χ2n) is 11.6. The first-order valence-electron chi connectivity index (χ1n) is 13.1. The second kappa shape index (κ2) is 11.5. The Labute approximate surface area is 209 Å². The highest BCUT2D eigenvalue weighted by atomic mass is 31.0. The molecule has 0 aromatic carbocycles. The molecule has 0 aromatic heterocycles. The highest BCUT2D eigenvalue weighted by Crippen LogP contribution is 2.51. The van der Waals surface area contributed by atoms with Gasteiger partial charge in [0.2, 0.25) is 0 Å². The Morgan fingerprint density at radius 1 is 0.750 bits per heavy atom. The first kappa shape index (κ1) is 28.8. The predicted molar refractivity (Wildman–Crippen MR) is 122 cm³/mol. The summed E-state index contributed by atoms with van der Waals surface area (Å²) in [7, 11) is 2.14. The molecule has 210 valence electrons. The normalized spacial score (nSPS) is 51.2. The molecule has 0 bridgehead atoms. The van der Waals surface area contributed by atoms with Crippen LogP contribution in [0.5, 0.6) is 0 Å². The zero-order valence-electron chi connectivity index (χ0n) is 20.4. The average molecular weight is 553 g/mol. The van der Waals surface area contributed by atoms with Crippen molar-refractivity contribution in [1.29, 1.82) is 0 Å². The van der Waals surface area contributed by atoms with E-state index in [1.165, 1.54) is 0 Å². The van der Waals surface area contributed by atoms with E-state index < -0.39 is 91.9 Å². The van der Waals surface area contributed by atoms with Gasteiger partial charge in [-0.25, -0.2) is 26.3 Å². The molecule has 0 amide bonds. The number of halogens is 8. The number of alkyl halides is 8.